The molecule has 2 saturated heterocycles. The molecule has 2 aliphatic rings. The minimum atomic E-state index is -0.182. The van der Waals surface area contributed by atoms with Gasteiger partial charge in [-0.2, -0.15) is 0 Å². The second-order valence-corrected chi connectivity index (χ2v) is 7.61. The quantitative estimate of drug-likeness (QED) is 0.852. The van der Waals surface area contributed by atoms with Crippen LogP contribution in [0.5, 0.6) is 0 Å². The summed E-state index contributed by atoms with van der Waals surface area (Å²) in [4.78, 5) is 5.17. The number of piperazine rings is 1. The second-order valence-electron chi connectivity index (χ2n) is 7.61. The predicted molar refractivity (Wildman–Crippen MR) is 83.9 cm³/mol. The number of hydrogen-bond donors (Lipinski definition) is 1. The maximum Gasteiger partial charge on any atom is 0.0830 e. The fourth-order valence-electron chi connectivity index (χ4n) is 4.39. The molecule has 20 heavy (non-hydrogen) atoms. The lowest BCUT2D eigenvalue weighted by atomic mass is 9.77. The van der Waals surface area contributed by atoms with Crippen LogP contribution < -0.4 is 5.73 Å². The molecule has 0 aliphatic carbocycles. The van der Waals surface area contributed by atoms with Crippen molar-refractivity contribution in [2.24, 2.45) is 5.73 Å². The molecule has 0 saturated carbocycles. The van der Waals surface area contributed by atoms with Gasteiger partial charge >= 0.3 is 0 Å². The van der Waals surface area contributed by atoms with Crippen molar-refractivity contribution in [2.75, 3.05) is 39.3 Å². The zero-order valence-electron chi connectivity index (χ0n) is 14.0. The molecular formula is C16H33N3O. The van der Waals surface area contributed by atoms with Crippen LogP contribution in [0.25, 0.3) is 0 Å². The van der Waals surface area contributed by atoms with Crippen molar-refractivity contribution in [3.63, 3.8) is 0 Å². The first-order valence-corrected chi connectivity index (χ1v) is 8.14. The van der Waals surface area contributed by atoms with Crippen molar-refractivity contribution in [2.45, 2.75) is 64.2 Å². The lowest BCUT2D eigenvalue weighted by molar-refractivity contribution is -0.109. The minimum absolute atomic E-state index is 0.0190. The van der Waals surface area contributed by atoms with Gasteiger partial charge in [-0.25, -0.2) is 0 Å². The lowest BCUT2D eigenvalue weighted by Gasteiger charge is -2.50. The van der Waals surface area contributed by atoms with Crippen LogP contribution in [-0.2, 0) is 4.74 Å². The van der Waals surface area contributed by atoms with E-state index in [2.05, 4.69) is 44.4 Å². The molecule has 2 aliphatic heterocycles. The summed E-state index contributed by atoms with van der Waals surface area (Å²) in [5, 5.41) is 0. The van der Waals surface area contributed by atoms with E-state index in [0.29, 0.717) is 6.54 Å². The van der Waals surface area contributed by atoms with Crippen molar-refractivity contribution >= 4 is 0 Å². The monoisotopic (exact) mass is 283 g/mol. The van der Waals surface area contributed by atoms with Crippen LogP contribution in [0, 0.1) is 0 Å². The lowest BCUT2D eigenvalue weighted by Crippen LogP contribution is -2.67. The molecule has 4 nitrogen and oxygen atoms in total. The summed E-state index contributed by atoms with van der Waals surface area (Å²) in [6.45, 7) is 17.5. The van der Waals surface area contributed by atoms with E-state index in [1.165, 1.54) is 13.0 Å². The van der Waals surface area contributed by atoms with Gasteiger partial charge in [0.1, 0.15) is 0 Å². The van der Waals surface area contributed by atoms with Gasteiger partial charge in [0.15, 0.2) is 0 Å². The summed E-state index contributed by atoms with van der Waals surface area (Å²) in [7, 11) is 0. The van der Waals surface area contributed by atoms with E-state index in [-0.39, 0.29) is 16.7 Å². The van der Waals surface area contributed by atoms with Crippen LogP contribution in [-0.4, -0.2) is 65.8 Å². The Morgan fingerprint density at radius 2 is 1.65 bits per heavy atom. The number of nitrogens with zero attached hydrogens (tertiary/aromatic N) is 2. The van der Waals surface area contributed by atoms with Gasteiger partial charge in [-0.3, -0.25) is 4.90 Å². The van der Waals surface area contributed by atoms with Crippen LogP contribution in [0.4, 0.5) is 0 Å². The van der Waals surface area contributed by atoms with Crippen LogP contribution >= 0.6 is 0 Å². The van der Waals surface area contributed by atoms with E-state index >= 15 is 0 Å². The highest BCUT2D eigenvalue weighted by Gasteiger charge is 2.59. The maximum absolute atomic E-state index is 6.34. The Bertz CT molecular complexity index is 335. The molecule has 4 heteroatoms. The predicted octanol–water partition coefficient (Wildman–Crippen LogP) is 1.69. The first-order chi connectivity index (χ1) is 9.26. The molecule has 0 aromatic rings. The van der Waals surface area contributed by atoms with E-state index in [0.717, 1.165) is 32.6 Å². The van der Waals surface area contributed by atoms with Crippen molar-refractivity contribution in [3.05, 3.63) is 0 Å². The van der Waals surface area contributed by atoms with Crippen LogP contribution in [0.2, 0.25) is 0 Å². The standard InChI is InChI=1S/C16H33N3O/c1-6-7-18-8-10-19(11-9-18)16(13-17)12-14(2,3)20-15(16,4)5/h6-13,17H2,1-5H3. The van der Waals surface area contributed by atoms with Gasteiger partial charge in [0.25, 0.3) is 0 Å². The Balaban J connectivity index is 2.13. The summed E-state index contributed by atoms with van der Waals surface area (Å²) in [6.07, 6.45) is 2.26. The van der Waals surface area contributed by atoms with E-state index in [9.17, 15) is 0 Å². The highest BCUT2D eigenvalue weighted by molar-refractivity contribution is 5.13. The van der Waals surface area contributed by atoms with Crippen molar-refractivity contribution in [1.29, 1.82) is 0 Å². The first kappa shape index (κ1) is 16.2. The topological polar surface area (TPSA) is 41.7 Å². The van der Waals surface area contributed by atoms with Gasteiger partial charge in [-0.15, -0.1) is 0 Å². The van der Waals surface area contributed by atoms with Gasteiger partial charge in [-0.05, 0) is 47.1 Å². The molecular weight excluding hydrogens is 250 g/mol. The third kappa shape index (κ3) is 2.76. The molecule has 2 N–H and O–H groups in total. The van der Waals surface area contributed by atoms with Crippen LogP contribution in [0.1, 0.15) is 47.5 Å². The second kappa shape index (κ2) is 5.56. The average molecular weight is 283 g/mol. The van der Waals surface area contributed by atoms with Crippen molar-refractivity contribution in [3.8, 4) is 0 Å². The molecule has 118 valence electrons. The minimum Gasteiger partial charge on any atom is -0.368 e. The summed E-state index contributed by atoms with van der Waals surface area (Å²) in [6, 6.07) is 0. The van der Waals surface area contributed by atoms with Gasteiger partial charge in [-0.1, -0.05) is 6.92 Å². The molecule has 2 rings (SSSR count). The molecule has 2 fully saturated rings. The molecule has 2 heterocycles. The van der Waals surface area contributed by atoms with E-state index in [1.54, 1.807) is 0 Å². The van der Waals surface area contributed by atoms with Gasteiger partial charge < -0.3 is 15.4 Å². The third-order valence-corrected chi connectivity index (χ3v) is 5.23. The van der Waals surface area contributed by atoms with E-state index in [1.807, 2.05) is 0 Å². The fourth-order valence-corrected chi connectivity index (χ4v) is 4.39. The molecule has 0 radical (unpaired) electrons. The molecule has 0 spiro atoms. The normalized spacial score (nSPS) is 34.5. The summed E-state index contributed by atoms with van der Waals surface area (Å²) in [5.74, 6) is 0. The third-order valence-electron chi connectivity index (χ3n) is 5.23. The molecule has 0 aromatic carbocycles. The van der Waals surface area contributed by atoms with E-state index < -0.39 is 0 Å². The number of ether oxygens (including phenoxy) is 1. The van der Waals surface area contributed by atoms with Crippen molar-refractivity contribution < 1.29 is 4.74 Å². The summed E-state index contributed by atoms with van der Waals surface area (Å²) in [5.41, 5.74) is 5.97. The molecule has 0 bridgehead atoms. The number of hydrogen-bond acceptors (Lipinski definition) is 4. The largest absolute Gasteiger partial charge is 0.368 e. The van der Waals surface area contributed by atoms with Crippen molar-refractivity contribution in [1.82, 2.24) is 9.80 Å². The fraction of sp³-hybridized carbons (Fsp3) is 1.00. The molecule has 0 amide bonds. The average Bonchev–Trinajstić information content (AvgIpc) is 2.55. The number of rotatable bonds is 4. The Morgan fingerprint density at radius 1 is 1.05 bits per heavy atom. The first-order valence-electron chi connectivity index (χ1n) is 8.14. The Morgan fingerprint density at radius 3 is 2.05 bits per heavy atom. The highest BCUT2D eigenvalue weighted by atomic mass is 16.5. The summed E-state index contributed by atoms with van der Waals surface area (Å²) < 4.78 is 6.34. The number of nitrogens with two attached hydrogens (primary N) is 1. The zero-order chi connectivity index (χ0) is 15.0. The van der Waals surface area contributed by atoms with Crippen LogP contribution in [0.15, 0.2) is 0 Å². The van der Waals surface area contributed by atoms with Gasteiger partial charge in [0, 0.05) is 32.7 Å². The Labute approximate surface area is 124 Å². The maximum atomic E-state index is 6.34. The molecule has 0 aromatic heterocycles. The Kier molecular flexibility index (Phi) is 4.51. The zero-order valence-corrected chi connectivity index (χ0v) is 14.0. The molecule has 1 atom stereocenters. The SMILES string of the molecule is CCCN1CCN(C2(CN)CC(C)(C)OC2(C)C)CC1. The van der Waals surface area contributed by atoms with Crippen LogP contribution in [0.3, 0.4) is 0 Å². The summed E-state index contributed by atoms with van der Waals surface area (Å²) >= 11 is 0. The highest BCUT2D eigenvalue weighted by Crippen LogP contribution is 2.48. The smallest absolute Gasteiger partial charge is 0.0830 e. The van der Waals surface area contributed by atoms with Gasteiger partial charge in [0.05, 0.1) is 16.7 Å². The van der Waals surface area contributed by atoms with Gasteiger partial charge in [0.2, 0.25) is 0 Å². The molecule has 1 unspecified atom stereocenters. The Hall–Kier alpha value is -0.160. The van der Waals surface area contributed by atoms with E-state index in [4.69, 9.17) is 10.5 Å².